The number of nitrogens with zero attached hydrogens (tertiary/aromatic N) is 6. The standard InChI is InChI=1S/C36H42N16/c37-17-20-43-33-47-31(48-35(51-33)45-29-5-1-3-26(39)21-29)41-19-16-24-9-13-28(14-10-24)44-34-49-32(42-18-15-23-7-11-25(38)12-8-23)50-36(52-34)46-30-6-2-4-27(40)22-30/h1-14,21-22H,15-20,37-40H2,(H3,41,43,45,47,48,51)(H3,42,44,46,49,50,52). The van der Waals surface area contributed by atoms with E-state index in [1.165, 1.54) is 0 Å². The average Bonchev–Trinajstić information content (AvgIpc) is 3.12. The van der Waals surface area contributed by atoms with Gasteiger partial charge in [0.2, 0.25) is 35.7 Å². The van der Waals surface area contributed by atoms with Crippen molar-refractivity contribution in [3.05, 3.63) is 108 Å². The van der Waals surface area contributed by atoms with Crippen molar-refractivity contribution in [1.29, 1.82) is 0 Å². The maximum Gasteiger partial charge on any atom is 0.233 e. The van der Waals surface area contributed by atoms with E-state index < -0.39 is 0 Å². The summed E-state index contributed by atoms with van der Waals surface area (Å²) >= 11 is 0. The Morgan fingerprint density at radius 3 is 1.27 bits per heavy atom. The molecule has 0 atom stereocenters. The molecule has 16 heteroatoms. The molecule has 0 amide bonds. The third-order valence-corrected chi connectivity index (χ3v) is 7.57. The smallest absolute Gasteiger partial charge is 0.233 e. The van der Waals surface area contributed by atoms with Gasteiger partial charge in [-0.1, -0.05) is 36.4 Å². The Balaban J connectivity index is 1.09. The molecule has 0 unspecified atom stereocenters. The van der Waals surface area contributed by atoms with E-state index in [-0.39, 0.29) is 0 Å². The summed E-state index contributed by atoms with van der Waals surface area (Å²) in [4.78, 5) is 27.3. The lowest BCUT2D eigenvalue weighted by atomic mass is 10.1. The van der Waals surface area contributed by atoms with Gasteiger partial charge in [-0.05, 0) is 84.6 Å². The number of anilines is 12. The van der Waals surface area contributed by atoms with Crippen molar-refractivity contribution in [2.75, 3.05) is 75.3 Å². The van der Waals surface area contributed by atoms with Crippen molar-refractivity contribution >= 4 is 69.8 Å². The number of hydrogen-bond acceptors (Lipinski definition) is 16. The molecule has 4 aromatic carbocycles. The summed E-state index contributed by atoms with van der Waals surface area (Å²) in [6.45, 7) is 2.16. The van der Waals surface area contributed by atoms with Gasteiger partial charge in [0.25, 0.3) is 0 Å². The first-order valence-electron chi connectivity index (χ1n) is 16.8. The number of rotatable bonds is 17. The van der Waals surface area contributed by atoms with Gasteiger partial charge in [0.1, 0.15) is 0 Å². The normalized spacial score (nSPS) is 10.7. The van der Waals surface area contributed by atoms with Gasteiger partial charge < -0.3 is 54.8 Å². The molecule has 16 nitrogen and oxygen atoms in total. The van der Waals surface area contributed by atoms with Gasteiger partial charge in [-0.3, -0.25) is 0 Å². The van der Waals surface area contributed by atoms with E-state index in [0.29, 0.717) is 73.2 Å². The summed E-state index contributed by atoms with van der Waals surface area (Å²) in [5.41, 5.74) is 30.0. The van der Waals surface area contributed by atoms with Crippen LogP contribution in [0.25, 0.3) is 0 Å². The van der Waals surface area contributed by atoms with Crippen LogP contribution in [0.15, 0.2) is 97.1 Å². The van der Waals surface area contributed by atoms with E-state index in [9.17, 15) is 0 Å². The predicted molar refractivity (Wildman–Crippen MR) is 210 cm³/mol. The quantitative estimate of drug-likeness (QED) is 0.0579. The number of nitrogen functional groups attached to an aromatic ring is 3. The molecule has 0 saturated carbocycles. The Morgan fingerprint density at radius 2 is 0.808 bits per heavy atom. The molecule has 6 rings (SSSR count). The van der Waals surface area contributed by atoms with Gasteiger partial charge in [0.05, 0.1) is 0 Å². The highest BCUT2D eigenvalue weighted by atomic mass is 15.3. The molecule has 0 saturated heterocycles. The highest BCUT2D eigenvalue weighted by molar-refractivity contribution is 5.63. The Bertz CT molecular complexity index is 2050. The third-order valence-electron chi connectivity index (χ3n) is 7.57. The number of nitrogens with two attached hydrogens (primary N) is 4. The summed E-state index contributed by atoms with van der Waals surface area (Å²) < 4.78 is 0. The average molecular weight is 699 g/mol. The van der Waals surface area contributed by atoms with Crippen LogP contribution in [0.3, 0.4) is 0 Å². The number of aromatic nitrogens is 6. The van der Waals surface area contributed by atoms with Crippen molar-refractivity contribution in [2.45, 2.75) is 12.8 Å². The molecule has 2 heterocycles. The SMILES string of the molecule is NCCNc1nc(NCCc2ccc(Nc3nc(NCCc4ccc(N)cc4)nc(Nc4cccc(N)c4)n3)cc2)nc(Nc2cccc(N)c2)n1. The van der Waals surface area contributed by atoms with E-state index in [1.54, 1.807) is 6.07 Å². The van der Waals surface area contributed by atoms with E-state index in [4.69, 9.17) is 22.9 Å². The zero-order valence-electron chi connectivity index (χ0n) is 28.5. The summed E-state index contributed by atoms with van der Waals surface area (Å²) in [5, 5.41) is 19.4. The first-order chi connectivity index (χ1) is 25.4. The van der Waals surface area contributed by atoms with Gasteiger partial charge in [0.15, 0.2) is 0 Å². The largest absolute Gasteiger partial charge is 0.399 e. The highest BCUT2D eigenvalue weighted by Crippen LogP contribution is 2.22. The second-order valence-corrected chi connectivity index (χ2v) is 11.7. The summed E-state index contributed by atoms with van der Waals surface area (Å²) in [6, 6.07) is 30.6. The molecule has 2 aromatic heterocycles. The Kier molecular flexibility index (Phi) is 11.5. The van der Waals surface area contributed by atoms with Crippen molar-refractivity contribution in [3.63, 3.8) is 0 Å². The lowest BCUT2D eigenvalue weighted by Gasteiger charge is -2.13. The lowest BCUT2D eigenvalue weighted by molar-refractivity contribution is 0.945. The maximum absolute atomic E-state index is 5.98. The van der Waals surface area contributed by atoms with Crippen LogP contribution in [0.1, 0.15) is 11.1 Å². The monoisotopic (exact) mass is 698 g/mol. The maximum atomic E-state index is 5.98. The number of nitrogens with one attached hydrogen (secondary N) is 6. The van der Waals surface area contributed by atoms with Gasteiger partial charge >= 0.3 is 0 Å². The predicted octanol–water partition coefficient (Wildman–Crippen LogP) is 4.71. The van der Waals surface area contributed by atoms with Crippen LogP contribution < -0.4 is 54.8 Å². The highest BCUT2D eigenvalue weighted by Gasteiger charge is 2.10. The minimum absolute atomic E-state index is 0.367. The molecule has 0 bridgehead atoms. The Labute approximate surface area is 301 Å². The molecule has 0 aliphatic carbocycles. The van der Waals surface area contributed by atoms with Crippen LogP contribution in [-0.2, 0) is 12.8 Å². The Hall–Kier alpha value is -6.94. The molecule has 0 spiro atoms. The second kappa shape index (κ2) is 17.1. The first-order valence-corrected chi connectivity index (χ1v) is 16.8. The number of hydrogen-bond donors (Lipinski definition) is 10. The molecule has 266 valence electrons. The second-order valence-electron chi connectivity index (χ2n) is 11.7. The molecule has 0 aliphatic rings. The van der Waals surface area contributed by atoms with Crippen LogP contribution in [0, 0.1) is 0 Å². The first kappa shape index (κ1) is 34.9. The van der Waals surface area contributed by atoms with E-state index in [1.807, 2.05) is 91.0 Å². The van der Waals surface area contributed by atoms with Crippen LogP contribution in [0.5, 0.6) is 0 Å². The van der Waals surface area contributed by atoms with Crippen molar-refractivity contribution in [2.24, 2.45) is 5.73 Å². The minimum atomic E-state index is 0.367. The summed E-state index contributed by atoms with van der Waals surface area (Å²) in [7, 11) is 0. The van der Waals surface area contributed by atoms with Crippen LogP contribution in [0.2, 0.25) is 0 Å². The van der Waals surface area contributed by atoms with Gasteiger partial charge in [-0.2, -0.15) is 29.9 Å². The van der Waals surface area contributed by atoms with Gasteiger partial charge in [-0.15, -0.1) is 0 Å². The molecule has 0 radical (unpaired) electrons. The minimum Gasteiger partial charge on any atom is -0.399 e. The van der Waals surface area contributed by atoms with Crippen molar-refractivity contribution < 1.29 is 0 Å². The topological polar surface area (TPSA) is 254 Å². The van der Waals surface area contributed by atoms with Crippen molar-refractivity contribution in [3.8, 4) is 0 Å². The fraction of sp³-hybridized carbons (Fsp3) is 0.167. The lowest BCUT2D eigenvalue weighted by Crippen LogP contribution is -2.17. The fourth-order valence-corrected chi connectivity index (χ4v) is 5.04. The molecular weight excluding hydrogens is 657 g/mol. The van der Waals surface area contributed by atoms with Crippen LogP contribution in [0.4, 0.5) is 69.8 Å². The number of benzene rings is 4. The Morgan fingerprint density at radius 1 is 0.404 bits per heavy atom. The molecule has 6 aromatic rings. The van der Waals surface area contributed by atoms with E-state index in [0.717, 1.165) is 46.7 Å². The molecular formula is C36H42N16. The van der Waals surface area contributed by atoms with Gasteiger partial charge in [0, 0.05) is 60.3 Å². The van der Waals surface area contributed by atoms with Gasteiger partial charge in [-0.25, -0.2) is 0 Å². The van der Waals surface area contributed by atoms with E-state index in [2.05, 4.69) is 61.8 Å². The molecule has 0 fully saturated rings. The zero-order chi connectivity index (χ0) is 36.1. The third kappa shape index (κ3) is 10.5. The molecule has 14 N–H and O–H groups in total. The summed E-state index contributed by atoms with van der Waals surface area (Å²) in [6.07, 6.45) is 1.49. The molecule has 52 heavy (non-hydrogen) atoms. The van der Waals surface area contributed by atoms with Crippen LogP contribution in [-0.4, -0.2) is 56.1 Å². The summed E-state index contributed by atoms with van der Waals surface area (Å²) in [5.74, 6) is 2.38. The van der Waals surface area contributed by atoms with Crippen molar-refractivity contribution in [1.82, 2.24) is 29.9 Å². The molecule has 0 aliphatic heterocycles. The zero-order valence-corrected chi connectivity index (χ0v) is 28.5. The van der Waals surface area contributed by atoms with E-state index >= 15 is 0 Å². The van der Waals surface area contributed by atoms with Crippen LogP contribution >= 0.6 is 0 Å². The fourth-order valence-electron chi connectivity index (χ4n) is 5.04.